The third-order valence-corrected chi connectivity index (χ3v) is 2.57. The summed E-state index contributed by atoms with van der Waals surface area (Å²) in [4.78, 5) is 23.5. The smallest absolute Gasteiger partial charge is 0.269 e. The number of aromatic nitrogens is 1. The number of amides is 1. The minimum atomic E-state index is -0.442. The molecule has 1 N–H and O–H groups in total. The second-order valence-corrected chi connectivity index (χ2v) is 3.97. The average Bonchev–Trinajstić information content (AvgIpc) is 2.39. The predicted octanol–water partition coefficient (Wildman–Crippen LogP) is 0.181. The fourth-order valence-corrected chi connectivity index (χ4v) is 1.54. The van der Waals surface area contributed by atoms with E-state index < -0.39 is 5.56 Å². The zero-order valence-corrected chi connectivity index (χ0v) is 11.1. The highest BCUT2D eigenvalue weighted by Crippen LogP contribution is 1.99. The monoisotopic (exact) mass is 263 g/mol. The Hall–Kier alpha value is -2.13. The van der Waals surface area contributed by atoms with Gasteiger partial charge in [-0.15, -0.1) is 0 Å². The lowest BCUT2D eigenvalue weighted by Crippen LogP contribution is -2.34. The third kappa shape index (κ3) is 4.23. The number of nitrogens with one attached hydrogen (secondary N) is 1. The van der Waals surface area contributed by atoms with Gasteiger partial charge >= 0.3 is 0 Å². The van der Waals surface area contributed by atoms with E-state index in [1.54, 1.807) is 13.0 Å². The molecule has 0 fully saturated rings. The van der Waals surface area contributed by atoms with E-state index in [-0.39, 0.29) is 18.0 Å². The Morgan fingerprint density at radius 3 is 2.95 bits per heavy atom. The summed E-state index contributed by atoms with van der Waals surface area (Å²) >= 11 is 0. The van der Waals surface area contributed by atoms with Gasteiger partial charge in [-0.2, -0.15) is 5.26 Å². The second kappa shape index (κ2) is 7.34. The Bertz CT molecular complexity index is 543. The lowest BCUT2D eigenvalue weighted by molar-refractivity contribution is -0.121. The van der Waals surface area contributed by atoms with Gasteiger partial charge in [0.15, 0.2) is 0 Å². The number of ether oxygens (including phenoxy) is 1. The van der Waals surface area contributed by atoms with E-state index in [2.05, 4.69) is 5.32 Å². The molecule has 0 aliphatic rings. The van der Waals surface area contributed by atoms with Crippen LogP contribution in [0.2, 0.25) is 0 Å². The molecule has 0 radical (unpaired) electrons. The summed E-state index contributed by atoms with van der Waals surface area (Å²) < 4.78 is 6.31. The Morgan fingerprint density at radius 2 is 2.32 bits per heavy atom. The first-order chi connectivity index (χ1) is 9.10. The number of pyridine rings is 1. The van der Waals surface area contributed by atoms with Crippen molar-refractivity contribution in [1.82, 2.24) is 9.88 Å². The maximum atomic E-state index is 11.9. The molecule has 6 nitrogen and oxygen atoms in total. The molecular weight excluding hydrogens is 246 g/mol. The maximum Gasteiger partial charge on any atom is 0.269 e. The number of carbonyl (C=O) groups is 1. The molecule has 1 aromatic rings. The molecule has 19 heavy (non-hydrogen) atoms. The summed E-state index contributed by atoms with van der Waals surface area (Å²) in [6.07, 6.45) is 1.51. The number of carbonyl (C=O) groups excluding carboxylic acids is 1. The molecule has 0 aliphatic heterocycles. The average molecular weight is 263 g/mol. The van der Waals surface area contributed by atoms with Crippen LogP contribution in [0, 0.1) is 18.3 Å². The SMILES string of the molecule is CCOCCNC(=O)Cn1ccc(C)c(C#N)c1=O. The van der Waals surface area contributed by atoms with Crippen molar-refractivity contribution in [3.8, 4) is 6.07 Å². The summed E-state index contributed by atoms with van der Waals surface area (Å²) in [6.45, 7) is 4.90. The number of nitrogens with zero attached hydrogens (tertiary/aromatic N) is 2. The van der Waals surface area contributed by atoms with Gasteiger partial charge in [-0.05, 0) is 25.5 Å². The van der Waals surface area contributed by atoms with E-state index in [9.17, 15) is 9.59 Å². The molecule has 0 atom stereocenters. The van der Waals surface area contributed by atoms with Gasteiger partial charge in [-0.25, -0.2) is 0 Å². The first kappa shape index (κ1) is 14.9. The Labute approximate surface area is 111 Å². The van der Waals surface area contributed by atoms with E-state index in [1.807, 2.05) is 13.0 Å². The van der Waals surface area contributed by atoms with Crippen LogP contribution in [0.15, 0.2) is 17.1 Å². The van der Waals surface area contributed by atoms with Crippen LogP contribution in [-0.4, -0.2) is 30.2 Å². The highest BCUT2D eigenvalue weighted by molar-refractivity contribution is 5.75. The minimum absolute atomic E-state index is 0.0737. The van der Waals surface area contributed by atoms with Crippen molar-refractivity contribution in [2.24, 2.45) is 0 Å². The van der Waals surface area contributed by atoms with Crippen LogP contribution in [0.5, 0.6) is 0 Å². The number of hydrogen-bond acceptors (Lipinski definition) is 4. The summed E-state index contributed by atoms with van der Waals surface area (Å²) in [6, 6.07) is 3.50. The molecule has 1 amide bonds. The first-order valence-electron chi connectivity index (χ1n) is 6.04. The van der Waals surface area contributed by atoms with Gasteiger partial charge < -0.3 is 14.6 Å². The number of rotatable bonds is 6. The topological polar surface area (TPSA) is 84.1 Å². The molecule has 1 rings (SSSR count). The van der Waals surface area contributed by atoms with Crippen LogP contribution in [0.4, 0.5) is 0 Å². The molecular formula is C13H17N3O3. The Morgan fingerprint density at radius 1 is 1.58 bits per heavy atom. The molecule has 0 saturated heterocycles. The molecule has 1 heterocycles. The van der Waals surface area contributed by atoms with Crippen molar-refractivity contribution >= 4 is 5.91 Å². The summed E-state index contributed by atoms with van der Waals surface area (Å²) in [5, 5.41) is 11.5. The predicted molar refractivity (Wildman–Crippen MR) is 69.7 cm³/mol. The fourth-order valence-electron chi connectivity index (χ4n) is 1.54. The van der Waals surface area contributed by atoms with E-state index in [0.29, 0.717) is 25.3 Å². The normalized spacial score (nSPS) is 9.95. The van der Waals surface area contributed by atoms with Crippen LogP contribution in [0.1, 0.15) is 18.1 Å². The summed E-state index contributed by atoms with van der Waals surface area (Å²) in [7, 11) is 0. The third-order valence-electron chi connectivity index (χ3n) is 2.57. The molecule has 0 bridgehead atoms. The van der Waals surface area contributed by atoms with Crippen molar-refractivity contribution in [3.63, 3.8) is 0 Å². The van der Waals surface area contributed by atoms with E-state index in [4.69, 9.17) is 10.00 Å². The first-order valence-corrected chi connectivity index (χ1v) is 6.04. The quantitative estimate of drug-likeness (QED) is 0.742. The van der Waals surface area contributed by atoms with E-state index in [1.165, 1.54) is 10.8 Å². The van der Waals surface area contributed by atoms with E-state index in [0.717, 1.165) is 0 Å². The van der Waals surface area contributed by atoms with Crippen LogP contribution in [0.25, 0.3) is 0 Å². The van der Waals surface area contributed by atoms with E-state index >= 15 is 0 Å². The molecule has 102 valence electrons. The van der Waals surface area contributed by atoms with Crippen LogP contribution >= 0.6 is 0 Å². The Kier molecular flexibility index (Phi) is 5.76. The Balaban J connectivity index is 2.66. The number of aryl methyl sites for hydroxylation is 1. The standard InChI is InChI=1S/C13H17N3O3/c1-3-19-7-5-15-12(17)9-16-6-4-10(2)11(8-14)13(16)18/h4,6H,3,5,7,9H2,1-2H3,(H,15,17). The minimum Gasteiger partial charge on any atom is -0.380 e. The van der Waals surface area contributed by atoms with Crippen molar-refractivity contribution in [3.05, 3.63) is 33.7 Å². The molecule has 0 aliphatic carbocycles. The highest BCUT2D eigenvalue weighted by atomic mass is 16.5. The van der Waals surface area contributed by atoms with Gasteiger partial charge in [0.1, 0.15) is 18.2 Å². The van der Waals surface area contributed by atoms with Gasteiger partial charge in [0.2, 0.25) is 5.91 Å². The number of hydrogen-bond donors (Lipinski definition) is 1. The summed E-state index contributed by atoms with van der Waals surface area (Å²) in [5.74, 6) is -0.283. The maximum absolute atomic E-state index is 11.9. The van der Waals surface area contributed by atoms with Crippen molar-refractivity contribution in [2.45, 2.75) is 20.4 Å². The van der Waals surface area contributed by atoms with Gasteiger partial charge in [0.05, 0.1) is 6.61 Å². The molecule has 6 heteroatoms. The largest absolute Gasteiger partial charge is 0.380 e. The van der Waals surface area contributed by atoms with Crippen molar-refractivity contribution < 1.29 is 9.53 Å². The van der Waals surface area contributed by atoms with Gasteiger partial charge in [-0.1, -0.05) is 0 Å². The molecule has 0 saturated carbocycles. The lowest BCUT2D eigenvalue weighted by atomic mass is 10.2. The van der Waals surface area contributed by atoms with Gasteiger partial charge in [0, 0.05) is 19.3 Å². The fraction of sp³-hybridized carbons (Fsp3) is 0.462. The van der Waals surface area contributed by atoms with Crippen molar-refractivity contribution in [2.75, 3.05) is 19.8 Å². The molecule has 1 aromatic heterocycles. The lowest BCUT2D eigenvalue weighted by Gasteiger charge is -2.08. The summed E-state index contributed by atoms with van der Waals surface area (Å²) in [5.41, 5.74) is 0.243. The molecule has 0 aromatic carbocycles. The van der Waals surface area contributed by atoms with Crippen LogP contribution in [-0.2, 0) is 16.1 Å². The molecule has 0 unspecified atom stereocenters. The zero-order valence-electron chi connectivity index (χ0n) is 11.1. The zero-order chi connectivity index (χ0) is 14.3. The van der Waals surface area contributed by atoms with Gasteiger partial charge in [-0.3, -0.25) is 9.59 Å². The van der Waals surface area contributed by atoms with Gasteiger partial charge in [0.25, 0.3) is 5.56 Å². The second-order valence-electron chi connectivity index (χ2n) is 3.97. The van der Waals surface area contributed by atoms with Crippen molar-refractivity contribution in [1.29, 1.82) is 5.26 Å². The number of nitriles is 1. The van der Waals surface area contributed by atoms with Crippen LogP contribution < -0.4 is 10.9 Å². The van der Waals surface area contributed by atoms with Crippen LogP contribution in [0.3, 0.4) is 0 Å². The molecule has 0 spiro atoms. The highest BCUT2D eigenvalue weighted by Gasteiger charge is 2.09.